The Kier molecular flexibility index (Phi) is 4.19. The molecule has 2 heterocycles. The van der Waals surface area contributed by atoms with Crippen LogP contribution in [0.2, 0.25) is 5.02 Å². The van der Waals surface area contributed by atoms with Crippen molar-refractivity contribution in [3.63, 3.8) is 0 Å². The van der Waals surface area contributed by atoms with Crippen LogP contribution in [0.1, 0.15) is 0 Å². The first-order valence-corrected chi connectivity index (χ1v) is 8.17. The van der Waals surface area contributed by atoms with Crippen molar-refractivity contribution in [1.82, 2.24) is 19.9 Å². The van der Waals surface area contributed by atoms with Crippen LogP contribution in [0.5, 0.6) is 0 Å². The molecular formula is C20H13ClN4. The van der Waals surface area contributed by atoms with Crippen LogP contribution in [0.3, 0.4) is 0 Å². The molecule has 4 aromatic rings. The molecule has 0 saturated heterocycles. The molecule has 0 atom stereocenters. The first kappa shape index (κ1) is 15.4. The second kappa shape index (κ2) is 6.79. The molecular weight excluding hydrogens is 332 g/mol. The Hall–Kier alpha value is -3.11. The van der Waals surface area contributed by atoms with E-state index in [9.17, 15) is 0 Å². The van der Waals surface area contributed by atoms with Gasteiger partial charge in [0.1, 0.15) is 5.69 Å². The highest BCUT2D eigenvalue weighted by atomic mass is 35.5. The lowest BCUT2D eigenvalue weighted by molar-refractivity contribution is 1.06. The van der Waals surface area contributed by atoms with E-state index in [-0.39, 0.29) is 0 Å². The fraction of sp³-hybridized carbons (Fsp3) is 0. The molecule has 0 amide bonds. The molecule has 120 valence electrons. The van der Waals surface area contributed by atoms with Crippen molar-refractivity contribution >= 4 is 11.6 Å². The minimum atomic E-state index is 0.457. The molecule has 0 aliphatic heterocycles. The third-order valence-corrected chi connectivity index (χ3v) is 3.97. The van der Waals surface area contributed by atoms with E-state index in [0.717, 1.165) is 11.1 Å². The monoisotopic (exact) mass is 344 g/mol. The van der Waals surface area contributed by atoms with Gasteiger partial charge in [-0.1, -0.05) is 72.3 Å². The zero-order chi connectivity index (χ0) is 17.1. The summed E-state index contributed by atoms with van der Waals surface area (Å²) in [6, 6.07) is 23.1. The van der Waals surface area contributed by atoms with Gasteiger partial charge in [-0.25, -0.2) is 15.0 Å². The molecule has 0 radical (unpaired) electrons. The van der Waals surface area contributed by atoms with Gasteiger partial charge < -0.3 is 0 Å². The Morgan fingerprint density at radius 1 is 0.560 bits per heavy atom. The number of hydrogen-bond acceptors (Lipinski definition) is 4. The maximum atomic E-state index is 6.29. The smallest absolute Gasteiger partial charge is 0.183 e. The fourth-order valence-corrected chi connectivity index (χ4v) is 2.67. The van der Waals surface area contributed by atoms with Crippen molar-refractivity contribution in [3.05, 3.63) is 84.0 Å². The standard InChI is InChI=1S/C20H13ClN4/c21-16-12-7-13-22-17(16)20-24-18(14-8-3-1-4-9-14)23-19(25-20)15-10-5-2-6-11-15/h1-13H. The summed E-state index contributed by atoms with van der Waals surface area (Å²) in [7, 11) is 0. The van der Waals surface area contributed by atoms with E-state index < -0.39 is 0 Å². The second-order valence-corrected chi connectivity index (χ2v) is 5.78. The van der Waals surface area contributed by atoms with Crippen molar-refractivity contribution < 1.29 is 0 Å². The van der Waals surface area contributed by atoms with Crippen LogP contribution in [-0.2, 0) is 0 Å². The van der Waals surface area contributed by atoms with Crippen LogP contribution in [0.4, 0.5) is 0 Å². The molecule has 0 fully saturated rings. The molecule has 25 heavy (non-hydrogen) atoms. The van der Waals surface area contributed by atoms with Gasteiger partial charge in [0.2, 0.25) is 0 Å². The SMILES string of the molecule is Clc1cccnc1-c1nc(-c2ccccc2)nc(-c2ccccc2)n1. The summed E-state index contributed by atoms with van der Waals surface area (Å²) in [5, 5.41) is 0.506. The van der Waals surface area contributed by atoms with Crippen LogP contribution >= 0.6 is 11.6 Å². The van der Waals surface area contributed by atoms with Crippen LogP contribution in [0, 0.1) is 0 Å². The van der Waals surface area contributed by atoms with E-state index >= 15 is 0 Å². The highest BCUT2D eigenvalue weighted by Gasteiger charge is 2.14. The average Bonchev–Trinajstić information content (AvgIpc) is 2.69. The largest absolute Gasteiger partial charge is 0.251 e. The first-order chi connectivity index (χ1) is 12.3. The summed E-state index contributed by atoms with van der Waals surface area (Å²) in [6.07, 6.45) is 1.68. The third-order valence-electron chi connectivity index (χ3n) is 3.67. The van der Waals surface area contributed by atoms with Crippen molar-refractivity contribution in [2.24, 2.45) is 0 Å². The lowest BCUT2D eigenvalue weighted by Crippen LogP contribution is -2.01. The van der Waals surface area contributed by atoms with Crippen molar-refractivity contribution in [2.75, 3.05) is 0 Å². The van der Waals surface area contributed by atoms with Crippen molar-refractivity contribution in [2.45, 2.75) is 0 Å². The summed E-state index contributed by atoms with van der Waals surface area (Å²) in [6.45, 7) is 0. The Bertz CT molecular complexity index is 947. The molecule has 0 saturated carbocycles. The highest BCUT2D eigenvalue weighted by molar-refractivity contribution is 6.32. The van der Waals surface area contributed by atoms with Gasteiger partial charge in [-0.05, 0) is 12.1 Å². The molecule has 2 aromatic carbocycles. The van der Waals surface area contributed by atoms with E-state index in [0.29, 0.717) is 28.2 Å². The quantitative estimate of drug-likeness (QED) is 0.529. The summed E-state index contributed by atoms with van der Waals surface area (Å²) in [5.74, 6) is 1.63. The fourth-order valence-electron chi connectivity index (χ4n) is 2.46. The maximum Gasteiger partial charge on any atom is 0.183 e. The molecule has 0 bridgehead atoms. The Morgan fingerprint density at radius 3 is 1.60 bits per heavy atom. The summed E-state index contributed by atoms with van der Waals surface area (Å²) < 4.78 is 0. The highest BCUT2D eigenvalue weighted by Crippen LogP contribution is 2.26. The topological polar surface area (TPSA) is 51.6 Å². The van der Waals surface area contributed by atoms with Gasteiger partial charge in [-0.3, -0.25) is 4.98 Å². The minimum Gasteiger partial charge on any atom is -0.251 e. The minimum absolute atomic E-state index is 0.457. The number of rotatable bonds is 3. The molecule has 0 spiro atoms. The third kappa shape index (κ3) is 3.25. The number of hydrogen-bond donors (Lipinski definition) is 0. The van der Waals surface area contributed by atoms with Gasteiger partial charge in [0.15, 0.2) is 17.5 Å². The average molecular weight is 345 g/mol. The lowest BCUT2D eigenvalue weighted by atomic mass is 10.2. The Labute approximate surface area is 150 Å². The van der Waals surface area contributed by atoms with Crippen LogP contribution < -0.4 is 0 Å². The zero-order valence-electron chi connectivity index (χ0n) is 13.2. The predicted octanol–water partition coefficient (Wildman–Crippen LogP) is 4.92. The Morgan fingerprint density at radius 2 is 1.08 bits per heavy atom. The van der Waals surface area contributed by atoms with E-state index in [1.54, 1.807) is 18.3 Å². The zero-order valence-corrected chi connectivity index (χ0v) is 13.9. The molecule has 5 heteroatoms. The first-order valence-electron chi connectivity index (χ1n) is 7.79. The van der Waals surface area contributed by atoms with Crippen LogP contribution in [0.15, 0.2) is 79.0 Å². The van der Waals surface area contributed by atoms with Gasteiger partial charge >= 0.3 is 0 Å². The number of pyridine rings is 1. The van der Waals surface area contributed by atoms with Gasteiger partial charge in [-0.2, -0.15) is 0 Å². The van der Waals surface area contributed by atoms with E-state index in [1.165, 1.54) is 0 Å². The molecule has 2 aromatic heterocycles. The molecule has 0 N–H and O–H groups in total. The molecule has 0 aliphatic carbocycles. The van der Waals surface area contributed by atoms with Crippen molar-refractivity contribution in [1.29, 1.82) is 0 Å². The number of halogens is 1. The maximum absolute atomic E-state index is 6.29. The summed E-state index contributed by atoms with van der Waals surface area (Å²) >= 11 is 6.29. The second-order valence-electron chi connectivity index (χ2n) is 5.37. The van der Waals surface area contributed by atoms with E-state index in [2.05, 4.69) is 19.9 Å². The van der Waals surface area contributed by atoms with Gasteiger partial charge in [0.25, 0.3) is 0 Å². The Balaban J connectivity index is 1.94. The van der Waals surface area contributed by atoms with Gasteiger partial charge in [-0.15, -0.1) is 0 Å². The molecule has 4 rings (SSSR count). The molecule has 0 aliphatic rings. The number of nitrogens with zero attached hydrogens (tertiary/aromatic N) is 4. The van der Waals surface area contributed by atoms with E-state index in [1.807, 2.05) is 60.7 Å². The number of aromatic nitrogens is 4. The predicted molar refractivity (Wildman–Crippen MR) is 98.9 cm³/mol. The lowest BCUT2D eigenvalue weighted by Gasteiger charge is -2.08. The molecule has 0 unspecified atom stereocenters. The van der Waals surface area contributed by atoms with E-state index in [4.69, 9.17) is 11.6 Å². The van der Waals surface area contributed by atoms with Crippen LogP contribution in [-0.4, -0.2) is 19.9 Å². The van der Waals surface area contributed by atoms with Gasteiger partial charge in [0.05, 0.1) is 5.02 Å². The van der Waals surface area contributed by atoms with Gasteiger partial charge in [0, 0.05) is 17.3 Å². The summed E-state index contributed by atoms with van der Waals surface area (Å²) in [4.78, 5) is 18.2. The number of benzene rings is 2. The van der Waals surface area contributed by atoms with Crippen LogP contribution in [0.25, 0.3) is 34.3 Å². The molecule has 4 nitrogen and oxygen atoms in total. The van der Waals surface area contributed by atoms with Crippen molar-refractivity contribution in [3.8, 4) is 34.3 Å². The normalized spacial score (nSPS) is 10.6. The summed E-state index contributed by atoms with van der Waals surface area (Å²) in [5.41, 5.74) is 2.37.